The first-order valence-electron chi connectivity index (χ1n) is 5.74. The molecular formula is C13H13Cl2NO2. The standard InChI is InChI=1S/C13H13Cl2NO2/c1-3-16-10-6-5-9(14)12(15)8(10)7-11(16)13(17)18-4-2/h5-7H,3-4H2,1-2H3. The van der Waals surface area contributed by atoms with Gasteiger partial charge in [-0.25, -0.2) is 4.79 Å². The highest BCUT2D eigenvalue weighted by molar-refractivity contribution is 6.45. The fraction of sp³-hybridized carbons (Fsp3) is 0.308. The molecule has 0 radical (unpaired) electrons. The molecule has 0 unspecified atom stereocenters. The molecule has 0 saturated carbocycles. The summed E-state index contributed by atoms with van der Waals surface area (Å²) in [5.41, 5.74) is 1.38. The van der Waals surface area contributed by atoms with Gasteiger partial charge in [0.25, 0.3) is 0 Å². The van der Waals surface area contributed by atoms with Crippen LogP contribution in [0.4, 0.5) is 0 Å². The normalized spacial score (nSPS) is 10.9. The van der Waals surface area contributed by atoms with E-state index in [-0.39, 0.29) is 5.97 Å². The van der Waals surface area contributed by atoms with E-state index in [1.54, 1.807) is 19.1 Å². The van der Waals surface area contributed by atoms with Crippen molar-refractivity contribution in [2.45, 2.75) is 20.4 Å². The van der Waals surface area contributed by atoms with Gasteiger partial charge < -0.3 is 9.30 Å². The third-order valence-electron chi connectivity index (χ3n) is 2.77. The van der Waals surface area contributed by atoms with E-state index in [0.29, 0.717) is 28.9 Å². The van der Waals surface area contributed by atoms with Crippen molar-refractivity contribution in [2.24, 2.45) is 0 Å². The van der Waals surface area contributed by atoms with Crippen molar-refractivity contribution < 1.29 is 9.53 Å². The summed E-state index contributed by atoms with van der Waals surface area (Å²) >= 11 is 12.1. The van der Waals surface area contributed by atoms with Gasteiger partial charge in [-0.3, -0.25) is 0 Å². The number of carbonyl (C=O) groups is 1. The van der Waals surface area contributed by atoms with E-state index in [1.165, 1.54) is 0 Å². The van der Waals surface area contributed by atoms with E-state index < -0.39 is 0 Å². The van der Waals surface area contributed by atoms with Crippen molar-refractivity contribution in [3.8, 4) is 0 Å². The van der Waals surface area contributed by atoms with Crippen LogP contribution in [-0.2, 0) is 11.3 Å². The second-order valence-electron chi connectivity index (χ2n) is 3.79. The maximum atomic E-state index is 11.9. The van der Waals surface area contributed by atoms with E-state index in [1.807, 2.05) is 17.6 Å². The first-order chi connectivity index (χ1) is 8.60. The lowest BCUT2D eigenvalue weighted by Crippen LogP contribution is -2.11. The summed E-state index contributed by atoms with van der Waals surface area (Å²) in [5.74, 6) is -0.345. The van der Waals surface area contributed by atoms with Crippen LogP contribution in [0.25, 0.3) is 10.9 Å². The first kappa shape index (κ1) is 13.2. The van der Waals surface area contributed by atoms with Crippen molar-refractivity contribution in [1.82, 2.24) is 4.57 Å². The number of ether oxygens (including phenoxy) is 1. The summed E-state index contributed by atoms with van der Waals surface area (Å²) in [6.45, 7) is 4.75. The van der Waals surface area contributed by atoms with Crippen molar-refractivity contribution >= 4 is 40.1 Å². The van der Waals surface area contributed by atoms with Crippen molar-refractivity contribution in [1.29, 1.82) is 0 Å². The molecule has 0 aliphatic carbocycles. The van der Waals surface area contributed by atoms with Gasteiger partial charge in [0.2, 0.25) is 0 Å². The third kappa shape index (κ3) is 2.08. The number of aryl methyl sites for hydroxylation is 1. The van der Waals surface area contributed by atoms with Crippen LogP contribution >= 0.6 is 23.2 Å². The van der Waals surface area contributed by atoms with Crippen LogP contribution in [-0.4, -0.2) is 17.1 Å². The van der Waals surface area contributed by atoms with Crippen LogP contribution in [0.3, 0.4) is 0 Å². The average Bonchev–Trinajstić information content (AvgIpc) is 2.73. The molecule has 0 aliphatic rings. The van der Waals surface area contributed by atoms with E-state index in [4.69, 9.17) is 27.9 Å². The minimum atomic E-state index is -0.345. The second-order valence-corrected chi connectivity index (χ2v) is 4.57. The lowest BCUT2D eigenvalue weighted by molar-refractivity contribution is 0.0514. The Bertz CT molecular complexity index is 605. The molecule has 0 fully saturated rings. The Morgan fingerprint density at radius 2 is 2.06 bits per heavy atom. The largest absolute Gasteiger partial charge is 0.461 e. The number of rotatable bonds is 3. The highest BCUT2D eigenvalue weighted by Crippen LogP contribution is 2.33. The SMILES string of the molecule is CCOC(=O)c1cc2c(Cl)c(Cl)ccc2n1CC. The van der Waals surface area contributed by atoms with Crippen molar-refractivity contribution in [3.05, 3.63) is 33.9 Å². The van der Waals surface area contributed by atoms with E-state index in [9.17, 15) is 4.79 Å². The van der Waals surface area contributed by atoms with Gasteiger partial charge in [-0.2, -0.15) is 0 Å². The summed E-state index contributed by atoms with van der Waals surface area (Å²) in [4.78, 5) is 11.9. The lowest BCUT2D eigenvalue weighted by atomic mass is 10.2. The Labute approximate surface area is 115 Å². The lowest BCUT2D eigenvalue weighted by Gasteiger charge is -2.07. The summed E-state index contributed by atoms with van der Waals surface area (Å²) < 4.78 is 6.90. The average molecular weight is 286 g/mol. The maximum Gasteiger partial charge on any atom is 0.354 e. The maximum absolute atomic E-state index is 11.9. The molecule has 3 nitrogen and oxygen atoms in total. The number of halogens is 2. The molecule has 2 aromatic rings. The molecular weight excluding hydrogens is 273 g/mol. The van der Waals surface area contributed by atoms with Crippen LogP contribution < -0.4 is 0 Å². The molecule has 0 spiro atoms. The number of fused-ring (bicyclic) bond motifs is 1. The highest BCUT2D eigenvalue weighted by Gasteiger charge is 2.18. The van der Waals surface area contributed by atoms with Gasteiger partial charge in [0, 0.05) is 11.9 Å². The van der Waals surface area contributed by atoms with Crippen LogP contribution in [0, 0.1) is 0 Å². The number of esters is 1. The molecule has 5 heteroatoms. The van der Waals surface area contributed by atoms with Crippen LogP contribution in [0.15, 0.2) is 18.2 Å². The number of hydrogen-bond acceptors (Lipinski definition) is 2. The summed E-state index contributed by atoms with van der Waals surface area (Å²) in [6.07, 6.45) is 0. The van der Waals surface area contributed by atoms with Crippen molar-refractivity contribution in [2.75, 3.05) is 6.61 Å². The Morgan fingerprint density at radius 3 is 2.67 bits per heavy atom. The molecule has 96 valence electrons. The number of carbonyl (C=O) groups excluding carboxylic acids is 1. The smallest absolute Gasteiger partial charge is 0.354 e. The van der Waals surface area contributed by atoms with E-state index >= 15 is 0 Å². The first-order valence-corrected chi connectivity index (χ1v) is 6.50. The highest BCUT2D eigenvalue weighted by atomic mass is 35.5. The molecule has 1 aromatic carbocycles. The molecule has 0 N–H and O–H groups in total. The van der Waals surface area contributed by atoms with Crippen LogP contribution in [0.2, 0.25) is 10.0 Å². The Kier molecular flexibility index (Phi) is 3.83. The molecule has 0 aliphatic heterocycles. The number of nitrogens with zero attached hydrogens (tertiary/aromatic N) is 1. The van der Waals surface area contributed by atoms with Crippen molar-refractivity contribution in [3.63, 3.8) is 0 Å². The predicted octanol–water partition coefficient (Wildman–Crippen LogP) is 4.14. The van der Waals surface area contributed by atoms with Gasteiger partial charge in [0.05, 0.1) is 22.2 Å². The van der Waals surface area contributed by atoms with Gasteiger partial charge >= 0.3 is 5.97 Å². The molecule has 2 rings (SSSR count). The Morgan fingerprint density at radius 1 is 1.33 bits per heavy atom. The van der Waals surface area contributed by atoms with Crippen LogP contribution in [0.1, 0.15) is 24.3 Å². The van der Waals surface area contributed by atoms with Gasteiger partial charge in [-0.15, -0.1) is 0 Å². The molecule has 0 bridgehead atoms. The summed E-state index contributed by atoms with van der Waals surface area (Å²) in [7, 11) is 0. The Balaban J connectivity index is 2.68. The monoisotopic (exact) mass is 285 g/mol. The molecule has 0 atom stereocenters. The zero-order chi connectivity index (χ0) is 13.3. The third-order valence-corrected chi connectivity index (χ3v) is 3.59. The molecule has 0 amide bonds. The number of aromatic nitrogens is 1. The van der Waals surface area contributed by atoms with E-state index in [0.717, 1.165) is 10.9 Å². The number of benzene rings is 1. The van der Waals surface area contributed by atoms with Gasteiger partial charge in [-0.1, -0.05) is 23.2 Å². The predicted molar refractivity (Wildman–Crippen MR) is 73.6 cm³/mol. The molecule has 1 heterocycles. The van der Waals surface area contributed by atoms with Crippen LogP contribution in [0.5, 0.6) is 0 Å². The summed E-state index contributed by atoms with van der Waals surface area (Å²) in [5, 5.41) is 1.72. The zero-order valence-corrected chi connectivity index (χ0v) is 11.7. The van der Waals surface area contributed by atoms with Gasteiger partial charge in [0.15, 0.2) is 0 Å². The second kappa shape index (κ2) is 5.21. The van der Waals surface area contributed by atoms with E-state index in [2.05, 4.69) is 0 Å². The molecule has 18 heavy (non-hydrogen) atoms. The summed E-state index contributed by atoms with van der Waals surface area (Å²) in [6, 6.07) is 5.31. The topological polar surface area (TPSA) is 31.2 Å². The quantitative estimate of drug-likeness (QED) is 0.794. The zero-order valence-electron chi connectivity index (χ0n) is 10.2. The fourth-order valence-electron chi connectivity index (χ4n) is 1.99. The van der Waals surface area contributed by atoms with Gasteiger partial charge in [0.1, 0.15) is 5.69 Å². The fourth-order valence-corrected chi connectivity index (χ4v) is 2.37. The van der Waals surface area contributed by atoms with Gasteiger partial charge in [-0.05, 0) is 32.0 Å². The molecule has 1 aromatic heterocycles. The number of hydrogen-bond donors (Lipinski definition) is 0. The minimum absolute atomic E-state index is 0.345. The molecule has 0 saturated heterocycles. The minimum Gasteiger partial charge on any atom is -0.461 e. The Hall–Kier alpha value is -1.19.